The third-order valence-corrected chi connectivity index (χ3v) is 3.71. The highest BCUT2D eigenvalue weighted by Crippen LogP contribution is 2.47. The SMILES string of the molecule is CCOC(=O)C1Cc2cc[nH]c2-c2oc(CC)c(O)c21. The minimum Gasteiger partial charge on any atom is -0.504 e. The lowest BCUT2D eigenvalue weighted by molar-refractivity contribution is -0.145. The van der Waals surface area contributed by atoms with E-state index in [1.54, 1.807) is 6.92 Å². The summed E-state index contributed by atoms with van der Waals surface area (Å²) in [4.78, 5) is 15.3. The van der Waals surface area contributed by atoms with Gasteiger partial charge in [-0.05, 0) is 25.0 Å². The van der Waals surface area contributed by atoms with Crippen molar-refractivity contribution in [1.82, 2.24) is 4.98 Å². The average molecular weight is 275 g/mol. The molecule has 2 N–H and O–H groups in total. The van der Waals surface area contributed by atoms with Gasteiger partial charge in [0.15, 0.2) is 11.5 Å². The number of furan rings is 1. The zero-order valence-corrected chi connectivity index (χ0v) is 11.5. The van der Waals surface area contributed by atoms with Gasteiger partial charge in [0, 0.05) is 12.6 Å². The fourth-order valence-electron chi connectivity index (χ4n) is 2.78. The first-order chi connectivity index (χ1) is 9.67. The Kier molecular flexibility index (Phi) is 3.04. The van der Waals surface area contributed by atoms with E-state index >= 15 is 0 Å². The number of rotatable bonds is 3. The predicted octanol–water partition coefficient (Wildman–Crippen LogP) is 2.75. The number of carbonyl (C=O) groups excluding carboxylic acids is 1. The number of nitrogens with one attached hydrogen (secondary N) is 1. The van der Waals surface area contributed by atoms with Crippen molar-refractivity contribution in [1.29, 1.82) is 0 Å². The Morgan fingerprint density at radius 1 is 1.55 bits per heavy atom. The van der Waals surface area contributed by atoms with Crippen LogP contribution in [0.25, 0.3) is 11.5 Å². The molecule has 1 aliphatic rings. The van der Waals surface area contributed by atoms with E-state index in [0.29, 0.717) is 36.5 Å². The molecule has 0 radical (unpaired) electrons. The Morgan fingerprint density at radius 2 is 2.35 bits per heavy atom. The zero-order chi connectivity index (χ0) is 14.3. The van der Waals surface area contributed by atoms with Gasteiger partial charge in [-0.1, -0.05) is 6.92 Å². The van der Waals surface area contributed by atoms with Gasteiger partial charge in [0.25, 0.3) is 0 Å². The monoisotopic (exact) mass is 275 g/mol. The summed E-state index contributed by atoms with van der Waals surface area (Å²) in [6.45, 7) is 4.00. The number of H-pyrrole nitrogens is 1. The molecule has 20 heavy (non-hydrogen) atoms. The number of aromatic hydroxyl groups is 1. The number of fused-ring (bicyclic) bond motifs is 3. The van der Waals surface area contributed by atoms with Crippen LogP contribution in [0.4, 0.5) is 0 Å². The van der Waals surface area contributed by atoms with E-state index in [-0.39, 0.29) is 11.7 Å². The van der Waals surface area contributed by atoms with Crippen LogP contribution < -0.4 is 0 Å². The van der Waals surface area contributed by atoms with Crippen LogP contribution >= 0.6 is 0 Å². The minimum absolute atomic E-state index is 0.0841. The summed E-state index contributed by atoms with van der Waals surface area (Å²) in [7, 11) is 0. The quantitative estimate of drug-likeness (QED) is 0.844. The van der Waals surface area contributed by atoms with Gasteiger partial charge in [0.1, 0.15) is 5.76 Å². The molecular weight excluding hydrogens is 258 g/mol. The molecule has 5 nitrogen and oxygen atoms in total. The third-order valence-electron chi connectivity index (χ3n) is 3.71. The molecule has 0 saturated heterocycles. The van der Waals surface area contributed by atoms with E-state index in [0.717, 1.165) is 11.3 Å². The van der Waals surface area contributed by atoms with Crippen LogP contribution in [0.1, 0.15) is 36.7 Å². The van der Waals surface area contributed by atoms with Crippen molar-refractivity contribution < 1.29 is 19.1 Å². The maximum Gasteiger partial charge on any atom is 0.314 e. The van der Waals surface area contributed by atoms with Crippen LogP contribution in [0.3, 0.4) is 0 Å². The Bertz CT molecular complexity index is 653. The molecule has 1 unspecified atom stereocenters. The maximum atomic E-state index is 12.2. The molecule has 0 saturated carbocycles. The molecule has 2 aromatic rings. The summed E-state index contributed by atoms with van der Waals surface area (Å²) in [6.07, 6.45) is 2.90. The van der Waals surface area contributed by atoms with Crippen molar-refractivity contribution in [2.24, 2.45) is 0 Å². The summed E-state index contributed by atoms with van der Waals surface area (Å²) in [5, 5.41) is 10.3. The van der Waals surface area contributed by atoms with Crippen LogP contribution in [0, 0.1) is 0 Å². The summed E-state index contributed by atoms with van der Waals surface area (Å²) in [5.74, 6) is 0.327. The highest BCUT2D eigenvalue weighted by Gasteiger charge is 2.38. The summed E-state index contributed by atoms with van der Waals surface area (Å²) < 4.78 is 10.9. The average Bonchev–Trinajstić information content (AvgIpc) is 3.02. The Hall–Kier alpha value is -2.17. The number of carbonyl (C=O) groups is 1. The van der Waals surface area contributed by atoms with Crippen molar-refractivity contribution in [2.45, 2.75) is 32.6 Å². The zero-order valence-electron chi connectivity index (χ0n) is 11.5. The first kappa shape index (κ1) is 12.8. The van der Waals surface area contributed by atoms with Crippen LogP contribution in [-0.2, 0) is 22.4 Å². The summed E-state index contributed by atoms with van der Waals surface area (Å²) in [6, 6.07) is 1.93. The Labute approximate surface area is 116 Å². The van der Waals surface area contributed by atoms with Gasteiger partial charge in [0.2, 0.25) is 0 Å². The van der Waals surface area contributed by atoms with Crippen molar-refractivity contribution in [3.05, 3.63) is 29.2 Å². The van der Waals surface area contributed by atoms with Crippen LogP contribution in [-0.4, -0.2) is 22.7 Å². The number of hydrogen-bond donors (Lipinski definition) is 2. The smallest absolute Gasteiger partial charge is 0.314 e. The molecular formula is C15H17NO4. The number of aryl methyl sites for hydroxylation is 1. The molecule has 1 aliphatic carbocycles. The second-order valence-corrected chi connectivity index (χ2v) is 4.86. The fourth-order valence-corrected chi connectivity index (χ4v) is 2.78. The van der Waals surface area contributed by atoms with Gasteiger partial charge < -0.3 is 19.2 Å². The molecule has 0 aromatic carbocycles. The molecule has 2 aromatic heterocycles. The lowest BCUT2D eigenvalue weighted by Gasteiger charge is -2.20. The number of ether oxygens (including phenoxy) is 1. The van der Waals surface area contributed by atoms with Gasteiger partial charge in [-0.3, -0.25) is 4.79 Å². The molecule has 106 valence electrons. The second-order valence-electron chi connectivity index (χ2n) is 4.86. The molecule has 0 bridgehead atoms. The van der Waals surface area contributed by atoms with E-state index in [1.807, 2.05) is 19.2 Å². The molecule has 0 aliphatic heterocycles. The summed E-state index contributed by atoms with van der Waals surface area (Å²) >= 11 is 0. The highest BCUT2D eigenvalue weighted by atomic mass is 16.5. The first-order valence-corrected chi connectivity index (χ1v) is 6.85. The summed E-state index contributed by atoms with van der Waals surface area (Å²) in [5.41, 5.74) is 2.40. The number of esters is 1. The van der Waals surface area contributed by atoms with E-state index in [2.05, 4.69) is 4.98 Å². The number of aromatic nitrogens is 1. The fraction of sp³-hybridized carbons (Fsp3) is 0.400. The normalized spacial score (nSPS) is 16.6. The van der Waals surface area contributed by atoms with Crippen molar-refractivity contribution in [2.75, 3.05) is 6.61 Å². The minimum atomic E-state index is -0.503. The molecule has 0 amide bonds. The Balaban J connectivity index is 2.15. The molecule has 0 spiro atoms. The lowest BCUT2D eigenvalue weighted by atomic mass is 9.85. The van der Waals surface area contributed by atoms with E-state index in [9.17, 15) is 9.90 Å². The van der Waals surface area contributed by atoms with Gasteiger partial charge >= 0.3 is 5.97 Å². The van der Waals surface area contributed by atoms with Gasteiger partial charge in [0.05, 0.1) is 23.8 Å². The van der Waals surface area contributed by atoms with Crippen LogP contribution in [0.5, 0.6) is 5.75 Å². The molecule has 2 heterocycles. The van der Waals surface area contributed by atoms with Crippen LogP contribution in [0.2, 0.25) is 0 Å². The standard InChI is InChI=1S/C15H17NO4/c1-3-10-13(17)11-9(15(18)19-4-2)7-8-5-6-16-12(8)14(11)20-10/h5-6,9,16-17H,3-4,7H2,1-2H3. The lowest BCUT2D eigenvalue weighted by Crippen LogP contribution is -2.21. The van der Waals surface area contributed by atoms with Gasteiger partial charge in [-0.2, -0.15) is 0 Å². The van der Waals surface area contributed by atoms with Gasteiger partial charge in [-0.25, -0.2) is 0 Å². The van der Waals surface area contributed by atoms with Crippen molar-refractivity contribution in [3.8, 4) is 17.2 Å². The predicted molar refractivity (Wildman–Crippen MR) is 72.6 cm³/mol. The van der Waals surface area contributed by atoms with E-state index in [1.165, 1.54) is 0 Å². The van der Waals surface area contributed by atoms with Crippen LogP contribution in [0.15, 0.2) is 16.7 Å². The molecule has 1 atom stereocenters. The largest absolute Gasteiger partial charge is 0.504 e. The van der Waals surface area contributed by atoms with Gasteiger partial charge in [-0.15, -0.1) is 0 Å². The Morgan fingerprint density at radius 3 is 3.05 bits per heavy atom. The number of hydrogen-bond acceptors (Lipinski definition) is 4. The van der Waals surface area contributed by atoms with E-state index < -0.39 is 5.92 Å². The molecule has 3 rings (SSSR count). The second kappa shape index (κ2) is 4.74. The maximum absolute atomic E-state index is 12.2. The van der Waals surface area contributed by atoms with E-state index in [4.69, 9.17) is 9.15 Å². The third kappa shape index (κ3) is 1.73. The molecule has 5 heteroatoms. The van der Waals surface area contributed by atoms with Crippen molar-refractivity contribution in [3.63, 3.8) is 0 Å². The topological polar surface area (TPSA) is 75.5 Å². The first-order valence-electron chi connectivity index (χ1n) is 6.85. The number of aromatic amines is 1. The van der Waals surface area contributed by atoms with Crippen molar-refractivity contribution >= 4 is 5.97 Å². The highest BCUT2D eigenvalue weighted by molar-refractivity contribution is 5.86. The molecule has 0 fully saturated rings.